The van der Waals surface area contributed by atoms with E-state index in [9.17, 15) is 10.2 Å². The molecule has 41 heavy (non-hydrogen) atoms. The van der Waals surface area contributed by atoms with Gasteiger partial charge in [0.15, 0.2) is 0 Å². The van der Waals surface area contributed by atoms with Crippen molar-refractivity contribution in [1.29, 1.82) is 0 Å². The van der Waals surface area contributed by atoms with Crippen molar-refractivity contribution in [2.45, 2.75) is 38.3 Å². The Morgan fingerprint density at radius 2 is 1.78 bits per heavy atom. The Morgan fingerprint density at radius 3 is 2.56 bits per heavy atom. The quantitative estimate of drug-likeness (QED) is 0.254. The number of aliphatic hydroxyl groups excluding tert-OH is 1. The fraction of sp³-hybridized carbons (Fsp3) is 0.412. The molecule has 2 aliphatic heterocycles. The molecule has 2 saturated heterocycles. The fourth-order valence-corrected chi connectivity index (χ4v) is 7.53. The van der Waals surface area contributed by atoms with Crippen molar-refractivity contribution in [3.8, 4) is 21.9 Å². The predicted octanol–water partition coefficient (Wildman–Crippen LogP) is 5.70. The molecule has 3 aromatic carbocycles. The van der Waals surface area contributed by atoms with Crippen molar-refractivity contribution < 1.29 is 19.7 Å². The van der Waals surface area contributed by atoms with Crippen LogP contribution < -0.4 is 4.74 Å². The number of hydrogen-bond donors (Lipinski definition) is 2. The van der Waals surface area contributed by atoms with E-state index in [0.717, 1.165) is 75.6 Å². The van der Waals surface area contributed by atoms with E-state index in [1.54, 1.807) is 24.5 Å². The molecule has 2 fully saturated rings. The molecule has 0 radical (unpaired) electrons. The van der Waals surface area contributed by atoms with Crippen molar-refractivity contribution in [2.24, 2.45) is 0 Å². The van der Waals surface area contributed by atoms with Crippen LogP contribution in [0.25, 0.3) is 20.5 Å². The summed E-state index contributed by atoms with van der Waals surface area (Å²) in [6.45, 7) is 6.66. The Morgan fingerprint density at radius 1 is 0.976 bits per heavy atom. The second-order valence-electron chi connectivity index (χ2n) is 11.3. The lowest BCUT2D eigenvalue weighted by Crippen LogP contribution is -2.35. The van der Waals surface area contributed by atoms with E-state index in [2.05, 4.69) is 52.3 Å². The van der Waals surface area contributed by atoms with Gasteiger partial charge in [-0.3, -0.25) is 9.80 Å². The van der Waals surface area contributed by atoms with E-state index in [4.69, 9.17) is 9.47 Å². The predicted molar refractivity (Wildman–Crippen MR) is 166 cm³/mol. The van der Waals surface area contributed by atoms with Gasteiger partial charge < -0.3 is 19.7 Å². The van der Waals surface area contributed by atoms with Crippen LogP contribution in [0.5, 0.6) is 11.5 Å². The van der Waals surface area contributed by atoms with Crippen molar-refractivity contribution in [1.82, 2.24) is 9.80 Å². The third-order valence-corrected chi connectivity index (χ3v) is 9.86. The molecule has 3 heterocycles. The third kappa shape index (κ3) is 6.45. The fourth-order valence-electron chi connectivity index (χ4n) is 6.27. The maximum absolute atomic E-state index is 10.2. The first kappa shape index (κ1) is 28.2. The highest BCUT2D eigenvalue weighted by Crippen LogP contribution is 2.41. The van der Waals surface area contributed by atoms with Crippen LogP contribution in [0.1, 0.15) is 35.1 Å². The third-order valence-electron chi connectivity index (χ3n) is 8.62. The molecule has 0 unspecified atom stereocenters. The second-order valence-corrected chi connectivity index (χ2v) is 12.3. The summed E-state index contributed by atoms with van der Waals surface area (Å²) < 4.78 is 12.5. The first-order valence-electron chi connectivity index (χ1n) is 14.8. The zero-order valence-corrected chi connectivity index (χ0v) is 24.7. The highest BCUT2D eigenvalue weighted by Gasteiger charge is 2.23. The normalized spacial score (nSPS) is 18.3. The summed E-state index contributed by atoms with van der Waals surface area (Å²) in [5.74, 6) is 1.22. The van der Waals surface area contributed by atoms with Crippen LogP contribution in [-0.2, 0) is 24.1 Å². The molecular weight excluding hydrogens is 532 g/mol. The molecule has 6 nitrogen and oxygen atoms in total. The highest BCUT2D eigenvalue weighted by molar-refractivity contribution is 7.22. The van der Waals surface area contributed by atoms with Crippen LogP contribution in [0, 0.1) is 0 Å². The summed E-state index contributed by atoms with van der Waals surface area (Å²) in [6, 6.07) is 21.6. The largest absolute Gasteiger partial charge is 0.508 e. The van der Waals surface area contributed by atoms with Gasteiger partial charge in [-0.1, -0.05) is 36.4 Å². The average Bonchev–Trinajstić information content (AvgIpc) is 3.61. The number of rotatable bonds is 10. The van der Waals surface area contributed by atoms with Crippen molar-refractivity contribution in [3.63, 3.8) is 0 Å². The van der Waals surface area contributed by atoms with Gasteiger partial charge in [-0.05, 0) is 84.1 Å². The van der Waals surface area contributed by atoms with E-state index in [1.165, 1.54) is 44.5 Å². The summed E-state index contributed by atoms with van der Waals surface area (Å²) in [5.41, 5.74) is 6.21. The number of phenols is 1. The van der Waals surface area contributed by atoms with E-state index in [1.807, 2.05) is 12.1 Å². The number of nitrogens with zero attached hydrogens (tertiary/aromatic N) is 2. The van der Waals surface area contributed by atoms with Gasteiger partial charge >= 0.3 is 0 Å². The van der Waals surface area contributed by atoms with Gasteiger partial charge in [0.1, 0.15) is 11.5 Å². The lowest BCUT2D eigenvalue weighted by Gasteiger charge is -2.27. The molecule has 2 N–H and O–H groups in total. The Balaban J connectivity index is 1.24. The topological polar surface area (TPSA) is 65.4 Å². The maximum atomic E-state index is 10.2. The van der Waals surface area contributed by atoms with Crippen LogP contribution in [0.15, 0.2) is 60.7 Å². The zero-order chi connectivity index (χ0) is 28.2. The number of ether oxygens (including phenoxy) is 2. The SMILES string of the molecule is COc1cc(Cc2c(-c3ccc(CCN4CCC[C@H]4CO)cc3)sc3cc(O)ccc23)ccc1CN1CCOCC1. The first-order valence-corrected chi connectivity index (χ1v) is 15.6. The molecule has 7 heteroatoms. The van der Waals surface area contributed by atoms with Gasteiger partial charge in [0.05, 0.1) is 26.9 Å². The van der Waals surface area contributed by atoms with Crippen LogP contribution in [0.3, 0.4) is 0 Å². The number of hydrogen-bond acceptors (Lipinski definition) is 7. The van der Waals surface area contributed by atoms with E-state index in [-0.39, 0.29) is 6.61 Å². The molecule has 0 aliphatic carbocycles. The Labute approximate surface area is 246 Å². The Hall–Kier alpha value is -2.94. The molecule has 6 rings (SSSR count). The lowest BCUT2D eigenvalue weighted by atomic mass is 9.97. The van der Waals surface area contributed by atoms with Crippen LogP contribution in [-0.4, -0.2) is 79.2 Å². The number of fused-ring (bicyclic) bond motifs is 1. The Bertz CT molecular complexity index is 1460. The molecule has 4 aromatic rings. The van der Waals surface area contributed by atoms with Gasteiger partial charge in [-0.2, -0.15) is 0 Å². The second kappa shape index (κ2) is 12.9. The monoisotopic (exact) mass is 572 g/mol. The van der Waals surface area contributed by atoms with Crippen LogP contribution >= 0.6 is 11.3 Å². The molecule has 1 aromatic heterocycles. The van der Waals surface area contributed by atoms with Gasteiger partial charge in [-0.15, -0.1) is 11.3 Å². The van der Waals surface area contributed by atoms with Gasteiger partial charge in [0.25, 0.3) is 0 Å². The lowest BCUT2D eigenvalue weighted by molar-refractivity contribution is 0.0339. The molecule has 1 atom stereocenters. The average molecular weight is 573 g/mol. The number of benzene rings is 3. The standard InChI is InChI=1S/C34H40N2O4S/c1-39-32-20-25(6-9-27(32)22-35-15-17-40-18-16-35)19-31-30-11-10-29(38)21-33(30)41-34(31)26-7-4-24(5-8-26)12-14-36-13-2-3-28(36)23-37/h4-11,20-21,28,37-38H,2-3,12-19,22-23H2,1H3/t28-/m0/s1. The molecule has 0 amide bonds. The maximum Gasteiger partial charge on any atom is 0.123 e. The highest BCUT2D eigenvalue weighted by atomic mass is 32.1. The summed E-state index contributed by atoms with van der Waals surface area (Å²) in [6.07, 6.45) is 4.05. The summed E-state index contributed by atoms with van der Waals surface area (Å²) in [4.78, 5) is 6.08. The summed E-state index contributed by atoms with van der Waals surface area (Å²) in [7, 11) is 1.76. The molecule has 2 aliphatic rings. The number of thiophene rings is 1. The first-order chi connectivity index (χ1) is 20.1. The smallest absolute Gasteiger partial charge is 0.123 e. The molecule has 0 bridgehead atoms. The van der Waals surface area contributed by atoms with Gasteiger partial charge in [0.2, 0.25) is 0 Å². The number of aliphatic hydroxyl groups is 1. The number of aromatic hydroxyl groups is 1. The van der Waals surface area contributed by atoms with Crippen molar-refractivity contribution in [3.05, 3.63) is 82.9 Å². The Kier molecular flexibility index (Phi) is 8.89. The number of phenolic OH excluding ortho intramolecular Hbond substituents is 1. The zero-order valence-electron chi connectivity index (χ0n) is 23.8. The number of likely N-dealkylation sites (tertiary alicyclic amines) is 1. The summed E-state index contributed by atoms with van der Waals surface area (Å²) in [5, 5.41) is 21.0. The molecular formula is C34H40N2O4S. The number of morpholine rings is 1. The minimum Gasteiger partial charge on any atom is -0.508 e. The van der Waals surface area contributed by atoms with Crippen molar-refractivity contribution >= 4 is 21.4 Å². The molecule has 216 valence electrons. The van der Waals surface area contributed by atoms with E-state index in [0.29, 0.717) is 11.8 Å². The molecule has 0 spiro atoms. The minimum absolute atomic E-state index is 0.256. The van der Waals surface area contributed by atoms with Crippen molar-refractivity contribution in [2.75, 3.05) is 53.1 Å². The van der Waals surface area contributed by atoms with E-state index < -0.39 is 0 Å². The minimum atomic E-state index is 0.256. The van der Waals surface area contributed by atoms with Crippen LogP contribution in [0.2, 0.25) is 0 Å². The summed E-state index contributed by atoms with van der Waals surface area (Å²) >= 11 is 1.74. The van der Waals surface area contributed by atoms with Crippen LogP contribution in [0.4, 0.5) is 0 Å². The van der Waals surface area contributed by atoms with E-state index >= 15 is 0 Å². The van der Waals surface area contributed by atoms with Gasteiger partial charge in [-0.25, -0.2) is 0 Å². The number of methoxy groups -OCH3 is 1. The molecule has 0 saturated carbocycles. The van der Waals surface area contributed by atoms with Gasteiger partial charge in [0, 0.05) is 47.4 Å².